The van der Waals surface area contributed by atoms with Crippen LogP contribution in [0.1, 0.15) is 91.4 Å². The highest BCUT2D eigenvalue weighted by Gasteiger charge is 2.30. The molecule has 4 nitrogen and oxygen atoms in total. The maximum Gasteiger partial charge on any atom is 0.331 e. The van der Waals surface area contributed by atoms with Gasteiger partial charge in [0, 0.05) is 18.6 Å². The van der Waals surface area contributed by atoms with E-state index in [1.54, 1.807) is 0 Å². The lowest BCUT2D eigenvalue weighted by Gasteiger charge is -2.20. The third kappa shape index (κ3) is 8.51. The topological polar surface area (TPSA) is 52.6 Å². The Labute approximate surface area is 147 Å². The van der Waals surface area contributed by atoms with E-state index in [0.717, 1.165) is 24.8 Å². The number of hydrogen-bond donors (Lipinski definition) is 0. The molecule has 0 N–H and O–H groups in total. The van der Waals surface area contributed by atoms with Crippen molar-refractivity contribution in [2.45, 2.75) is 104 Å². The van der Waals surface area contributed by atoms with E-state index in [0.29, 0.717) is 0 Å². The molecule has 138 valence electrons. The van der Waals surface area contributed by atoms with E-state index in [1.165, 1.54) is 64.4 Å². The second kappa shape index (κ2) is 12.1. The molecule has 0 bridgehead atoms. The van der Waals surface area contributed by atoms with Crippen LogP contribution in [0, 0.1) is 0 Å². The molecule has 2 atom stereocenters. The Kier molecular flexibility index (Phi) is 10.4. The van der Waals surface area contributed by atoms with Gasteiger partial charge in [0.2, 0.25) is 0 Å². The summed E-state index contributed by atoms with van der Waals surface area (Å²) in [6.07, 6.45) is 14.4. The fourth-order valence-electron chi connectivity index (χ4n) is 3.20. The molecule has 0 radical (unpaired) electrons. The van der Waals surface area contributed by atoms with E-state index in [4.69, 9.17) is 9.47 Å². The molecular formula is C20H34O4. The van der Waals surface area contributed by atoms with Crippen LogP contribution >= 0.6 is 0 Å². The molecule has 0 saturated carbocycles. The van der Waals surface area contributed by atoms with Gasteiger partial charge in [-0.15, -0.1) is 0 Å². The van der Waals surface area contributed by atoms with Gasteiger partial charge in [0.1, 0.15) is 12.2 Å². The summed E-state index contributed by atoms with van der Waals surface area (Å²) in [7, 11) is 0. The lowest BCUT2D eigenvalue weighted by atomic mass is 9.99. The van der Waals surface area contributed by atoms with Crippen molar-refractivity contribution in [3.05, 3.63) is 11.6 Å². The van der Waals surface area contributed by atoms with Crippen LogP contribution in [-0.2, 0) is 19.1 Å². The summed E-state index contributed by atoms with van der Waals surface area (Å²) in [5.74, 6) is -0.641. The summed E-state index contributed by atoms with van der Waals surface area (Å²) in [5, 5.41) is 0. The van der Waals surface area contributed by atoms with E-state index in [1.807, 2.05) is 6.92 Å². The molecule has 1 heterocycles. The summed E-state index contributed by atoms with van der Waals surface area (Å²) in [4.78, 5) is 22.7. The van der Waals surface area contributed by atoms with Crippen LogP contribution in [0.25, 0.3) is 0 Å². The van der Waals surface area contributed by atoms with Crippen LogP contribution in [0.15, 0.2) is 11.6 Å². The normalized spacial score (nSPS) is 18.2. The monoisotopic (exact) mass is 338 g/mol. The predicted molar refractivity (Wildman–Crippen MR) is 95.7 cm³/mol. The van der Waals surface area contributed by atoms with Crippen LogP contribution in [0.3, 0.4) is 0 Å². The number of hydrogen-bond acceptors (Lipinski definition) is 4. The van der Waals surface area contributed by atoms with Gasteiger partial charge in [-0.05, 0) is 19.8 Å². The minimum Gasteiger partial charge on any atom is -0.458 e. The zero-order valence-electron chi connectivity index (χ0n) is 15.6. The van der Waals surface area contributed by atoms with E-state index >= 15 is 0 Å². The SMILES string of the molecule is CCCCCCCCCCCCC(OC(C)=O)C1=CC(=O)OC1C. The fourth-order valence-corrected chi connectivity index (χ4v) is 3.20. The molecule has 0 aromatic rings. The van der Waals surface area contributed by atoms with Gasteiger partial charge < -0.3 is 9.47 Å². The third-order valence-electron chi connectivity index (χ3n) is 4.55. The summed E-state index contributed by atoms with van der Waals surface area (Å²) in [6.45, 7) is 5.48. The van der Waals surface area contributed by atoms with Crippen molar-refractivity contribution in [3.63, 3.8) is 0 Å². The van der Waals surface area contributed by atoms with Gasteiger partial charge in [-0.25, -0.2) is 4.79 Å². The van der Waals surface area contributed by atoms with Gasteiger partial charge in [-0.2, -0.15) is 0 Å². The van der Waals surface area contributed by atoms with Crippen LogP contribution < -0.4 is 0 Å². The van der Waals surface area contributed by atoms with Crippen molar-refractivity contribution in [3.8, 4) is 0 Å². The van der Waals surface area contributed by atoms with Crippen LogP contribution in [0.4, 0.5) is 0 Å². The van der Waals surface area contributed by atoms with E-state index in [2.05, 4.69) is 6.92 Å². The third-order valence-corrected chi connectivity index (χ3v) is 4.55. The smallest absolute Gasteiger partial charge is 0.331 e. The highest BCUT2D eigenvalue weighted by atomic mass is 16.6. The molecule has 0 aromatic carbocycles. The molecule has 2 unspecified atom stereocenters. The largest absolute Gasteiger partial charge is 0.458 e. The number of ether oxygens (including phenoxy) is 2. The van der Waals surface area contributed by atoms with Crippen molar-refractivity contribution >= 4 is 11.9 Å². The first-order valence-corrected chi connectivity index (χ1v) is 9.64. The Hall–Kier alpha value is -1.32. The molecule has 0 aromatic heterocycles. The van der Waals surface area contributed by atoms with Crippen molar-refractivity contribution in [2.24, 2.45) is 0 Å². The standard InChI is InChI=1S/C20H34O4/c1-4-5-6-7-8-9-10-11-12-13-14-19(24-17(3)21)18-15-20(22)23-16(18)2/h15-16,19H,4-14H2,1-3H3. The lowest BCUT2D eigenvalue weighted by molar-refractivity contribution is -0.145. The molecule has 1 rings (SSSR count). The van der Waals surface area contributed by atoms with Gasteiger partial charge >= 0.3 is 11.9 Å². The number of rotatable bonds is 13. The Morgan fingerprint density at radius 3 is 2.08 bits per heavy atom. The second-order valence-corrected chi connectivity index (χ2v) is 6.79. The maximum atomic E-state index is 11.4. The number of carbonyl (C=O) groups is 2. The summed E-state index contributed by atoms with van der Waals surface area (Å²) in [5.41, 5.74) is 0.797. The Balaban J connectivity index is 2.18. The van der Waals surface area contributed by atoms with Gasteiger partial charge in [0.15, 0.2) is 0 Å². The van der Waals surface area contributed by atoms with Crippen LogP contribution in [0.5, 0.6) is 0 Å². The first kappa shape index (κ1) is 20.7. The number of cyclic esters (lactones) is 1. The zero-order chi connectivity index (χ0) is 17.8. The number of esters is 2. The summed E-state index contributed by atoms with van der Waals surface area (Å²) in [6, 6.07) is 0. The van der Waals surface area contributed by atoms with Crippen molar-refractivity contribution in [1.82, 2.24) is 0 Å². The molecule has 0 amide bonds. The number of unbranched alkanes of at least 4 members (excludes halogenated alkanes) is 9. The van der Waals surface area contributed by atoms with Crippen molar-refractivity contribution in [2.75, 3.05) is 0 Å². The van der Waals surface area contributed by atoms with Crippen LogP contribution in [0.2, 0.25) is 0 Å². The summed E-state index contributed by atoms with van der Waals surface area (Å²) < 4.78 is 10.5. The molecule has 0 fully saturated rings. The Morgan fingerprint density at radius 2 is 1.62 bits per heavy atom. The van der Waals surface area contributed by atoms with E-state index in [9.17, 15) is 9.59 Å². The summed E-state index contributed by atoms with van der Waals surface area (Å²) >= 11 is 0. The van der Waals surface area contributed by atoms with Crippen LogP contribution in [-0.4, -0.2) is 24.1 Å². The van der Waals surface area contributed by atoms with Crippen molar-refractivity contribution in [1.29, 1.82) is 0 Å². The Bertz CT molecular complexity index is 414. The second-order valence-electron chi connectivity index (χ2n) is 6.79. The molecular weight excluding hydrogens is 304 g/mol. The average molecular weight is 338 g/mol. The predicted octanol–water partition coefficient (Wildman–Crippen LogP) is 5.10. The highest BCUT2D eigenvalue weighted by Crippen LogP contribution is 2.25. The van der Waals surface area contributed by atoms with E-state index < -0.39 is 0 Å². The molecule has 0 aliphatic carbocycles. The first-order valence-electron chi connectivity index (χ1n) is 9.64. The average Bonchev–Trinajstić information content (AvgIpc) is 2.86. The molecule has 4 heteroatoms. The fraction of sp³-hybridized carbons (Fsp3) is 0.800. The lowest BCUT2D eigenvalue weighted by Crippen LogP contribution is -2.24. The highest BCUT2D eigenvalue weighted by molar-refractivity contribution is 5.86. The molecule has 1 aliphatic heterocycles. The molecule has 0 spiro atoms. The Morgan fingerprint density at radius 1 is 1.08 bits per heavy atom. The number of carbonyl (C=O) groups excluding carboxylic acids is 2. The minimum atomic E-state index is -0.335. The molecule has 0 saturated heterocycles. The van der Waals surface area contributed by atoms with Gasteiger partial charge in [0.25, 0.3) is 0 Å². The van der Waals surface area contributed by atoms with Gasteiger partial charge in [-0.3, -0.25) is 4.79 Å². The molecule has 24 heavy (non-hydrogen) atoms. The minimum absolute atomic E-state index is 0.287. The van der Waals surface area contributed by atoms with Gasteiger partial charge in [-0.1, -0.05) is 64.7 Å². The quantitative estimate of drug-likeness (QED) is 0.346. The van der Waals surface area contributed by atoms with Gasteiger partial charge in [0.05, 0.1) is 0 Å². The maximum absolute atomic E-state index is 11.4. The van der Waals surface area contributed by atoms with Crippen molar-refractivity contribution < 1.29 is 19.1 Å². The van der Waals surface area contributed by atoms with E-state index in [-0.39, 0.29) is 24.1 Å². The first-order chi connectivity index (χ1) is 11.5. The molecule has 1 aliphatic rings. The zero-order valence-corrected chi connectivity index (χ0v) is 15.6.